The van der Waals surface area contributed by atoms with Crippen LogP contribution in [0.5, 0.6) is 11.5 Å². The van der Waals surface area contributed by atoms with E-state index in [4.69, 9.17) is 26.2 Å². The van der Waals surface area contributed by atoms with Crippen LogP contribution in [0.1, 0.15) is 15.4 Å². The molecule has 106 valence electrons. The third-order valence-electron chi connectivity index (χ3n) is 2.67. The smallest absolute Gasteiger partial charge is 0.347 e. The molecule has 0 bridgehead atoms. The van der Waals surface area contributed by atoms with Crippen molar-refractivity contribution in [2.24, 2.45) is 0 Å². The summed E-state index contributed by atoms with van der Waals surface area (Å²) in [5.74, 6) is -0.0813. The zero-order valence-corrected chi connectivity index (χ0v) is 12.6. The van der Waals surface area contributed by atoms with E-state index in [1.54, 1.807) is 19.1 Å². The van der Waals surface area contributed by atoms with Gasteiger partial charge >= 0.3 is 5.97 Å². The fraction of sp³-hybridized carbons (Fsp3) is 0.231. The van der Waals surface area contributed by atoms with Crippen LogP contribution in [-0.4, -0.2) is 30.3 Å². The van der Waals surface area contributed by atoms with E-state index in [0.717, 1.165) is 11.3 Å². The summed E-state index contributed by atoms with van der Waals surface area (Å²) in [5.41, 5.74) is 1.16. The first kappa shape index (κ1) is 14.6. The minimum atomic E-state index is -0.988. The van der Waals surface area contributed by atoms with Crippen LogP contribution in [0.4, 0.5) is 0 Å². The number of ether oxygens (including phenoxy) is 2. The summed E-state index contributed by atoms with van der Waals surface area (Å²) < 4.78 is 10.4. The Bertz CT molecular complexity index is 669. The fourth-order valence-electron chi connectivity index (χ4n) is 1.76. The van der Waals surface area contributed by atoms with Gasteiger partial charge in [-0.05, 0) is 19.1 Å². The van der Waals surface area contributed by atoms with Crippen molar-refractivity contribution in [3.63, 3.8) is 0 Å². The number of carbonyl (C=O) groups is 1. The van der Waals surface area contributed by atoms with Gasteiger partial charge in [-0.25, -0.2) is 9.78 Å². The normalized spacial score (nSPS) is 10.4. The molecule has 0 radical (unpaired) electrons. The highest BCUT2D eigenvalue weighted by Gasteiger charge is 2.18. The predicted octanol–water partition coefficient (Wildman–Crippen LogP) is 3.49. The van der Waals surface area contributed by atoms with Gasteiger partial charge in [0.25, 0.3) is 0 Å². The van der Waals surface area contributed by atoms with E-state index in [1.165, 1.54) is 14.2 Å². The van der Waals surface area contributed by atoms with Crippen molar-refractivity contribution in [1.82, 2.24) is 4.98 Å². The second kappa shape index (κ2) is 5.68. The van der Waals surface area contributed by atoms with Crippen molar-refractivity contribution in [2.75, 3.05) is 14.2 Å². The van der Waals surface area contributed by atoms with Gasteiger partial charge in [-0.3, -0.25) is 0 Å². The molecule has 0 aliphatic rings. The summed E-state index contributed by atoms with van der Waals surface area (Å²) >= 11 is 7.22. The maximum absolute atomic E-state index is 11.1. The van der Waals surface area contributed by atoms with Crippen molar-refractivity contribution < 1.29 is 19.4 Å². The fourth-order valence-corrected chi connectivity index (χ4v) is 2.94. The lowest BCUT2D eigenvalue weighted by Crippen LogP contribution is -1.94. The van der Waals surface area contributed by atoms with Crippen LogP contribution in [0, 0.1) is 6.92 Å². The number of benzene rings is 1. The molecule has 0 spiro atoms. The number of aromatic carboxylic acids is 1. The molecule has 0 saturated heterocycles. The monoisotopic (exact) mass is 313 g/mol. The molecule has 20 heavy (non-hydrogen) atoms. The zero-order chi connectivity index (χ0) is 14.9. The van der Waals surface area contributed by atoms with E-state index in [0.29, 0.717) is 32.8 Å². The maximum atomic E-state index is 11.1. The van der Waals surface area contributed by atoms with Crippen molar-refractivity contribution in [3.8, 4) is 22.1 Å². The zero-order valence-electron chi connectivity index (χ0n) is 11.1. The molecule has 0 saturated carbocycles. The van der Waals surface area contributed by atoms with Crippen molar-refractivity contribution in [2.45, 2.75) is 6.92 Å². The van der Waals surface area contributed by atoms with E-state index in [2.05, 4.69) is 4.98 Å². The lowest BCUT2D eigenvalue weighted by atomic mass is 10.2. The second-order valence-corrected chi connectivity index (χ2v) is 5.34. The van der Waals surface area contributed by atoms with Gasteiger partial charge in [0.2, 0.25) is 0 Å². The molecule has 5 nitrogen and oxygen atoms in total. The first-order valence-corrected chi connectivity index (χ1v) is 6.80. The molecular weight excluding hydrogens is 302 g/mol. The van der Waals surface area contributed by atoms with Crippen LogP contribution in [0.3, 0.4) is 0 Å². The number of aryl methyl sites for hydroxylation is 1. The molecule has 1 aromatic carbocycles. The standard InChI is InChI=1S/C13H12ClNO4S/c1-6-11(13(16)17)20-12(15-6)7-4-8(14)10(19-3)9(5-7)18-2/h4-5H,1-3H3,(H,16,17). The lowest BCUT2D eigenvalue weighted by Gasteiger charge is -2.10. The van der Waals surface area contributed by atoms with E-state index in [1.807, 2.05) is 0 Å². The number of hydrogen-bond acceptors (Lipinski definition) is 5. The Hall–Kier alpha value is -1.79. The topological polar surface area (TPSA) is 68.7 Å². The quantitative estimate of drug-likeness (QED) is 0.935. The van der Waals surface area contributed by atoms with E-state index in [9.17, 15) is 4.79 Å². The molecular formula is C13H12ClNO4S. The average Bonchev–Trinajstić information content (AvgIpc) is 2.80. The van der Waals surface area contributed by atoms with Gasteiger partial charge in [-0.1, -0.05) is 11.6 Å². The first-order chi connectivity index (χ1) is 9.47. The maximum Gasteiger partial charge on any atom is 0.347 e. The number of aromatic nitrogens is 1. The van der Waals surface area contributed by atoms with E-state index < -0.39 is 5.97 Å². The summed E-state index contributed by atoms with van der Waals surface area (Å²) in [4.78, 5) is 15.5. The molecule has 2 aromatic rings. The molecule has 0 aliphatic carbocycles. The van der Waals surface area contributed by atoms with Crippen LogP contribution in [0.15, 0.2) is 12.1 Å². The van der Waals surface area contributed by atoms with Gasteiger partial charge in [-0.2, -0.15) is 0 Å². The Balaban J connectivity index is 2.56. The highest BCUT2D eigenvalue weighted by atomic mass is 35.5. The molecule has 0 unspecified atom stereocenters. The largest absolute Gasteiger partial charge is 0.493 e. The minimum absolute atomic E-state index is 0.214. The molecule has 0 amide bonds. The average molecular weight is 314 g/mol. The number of nitrogens with zero attached hydrogens (tertiary/aromatic N) is 1. The first-order valence-electron chi connectivity index (χ1n) is 5.60. The summed E-state index contributed by atoms with van der Waals surface area (Å²) in [6, 6.07) is 3.39. The van der Waals surface area contributed by atoms with Gasteiger partial charge in [0.05, 0.1) is 24.9 Å². The third-order valence-corrected chi connectivity index (χ3v) is 4.15. The predicted molar refractivity (Wildman–Crippen MR) is 77.4 cm³/mol. The Morgan fingerprint density at radius 2 is 2.05 bits per heavy atom. The van der Waals surface area contributed by atoms with Gasteiger partial charge < -0.3 is 14.6 Å². The number of hydrogen-bond donors (Lipinski definition) is 1. The highest BCUT2D eigenvalue weighted by molar-refractivity contribution is 7.17. The Morgan fingerprint density at radius 1 is 1.35 bits per heavy atom. The molecule has 1 aromatic heterocycles. The number of carboxylic acid groups (broad SMARTS) is 1. The Kier molecular flexibility index (Phi) is 4.15. The Morgan fingerprint density at radius 3 is 2.55 bits per heavy atom. The van der Waals surface area contributed by atoms with Gasteiger partial charge in [-0.15, -0.1) is 11.3 Å². The van der Waals surface area contributed by atoms with Gasteiger partial charge in [0, 0.05) is 5.56 Å². The van der Waals surface area contributed by atoms with Crippen molar-refractivity contribution in [1.29, 1.82) is 0 Å². The Labute approximate surface area is 124 Å². The molecule has 7 heteroatoms. The molecule has 1 heterocycles. The molecule has 0 aliphatic heterocycles. The number of carboxylic acids is 1. The molecule has 0 fully saturated rings. The molecule has 0 atom stereocenters. The summed E-state index contributed by atoms with van der Waals surface area (Å²) in [7, 11) is 3.01. The second-order valence-electron chi connectivity index (χ2n) is 3.93. The van der Waals surface area contributed by atoms with E-state index in [-0.39, 0.29) is 4.88 Å². The number of thiazole rings is 1. The van der Waals surface area contributed by atoms with Crippen LogP contribution < -0.4 is 9.47 Å². The summed E-state index contributed by atoms with van der Waals surface area (Å²) in [6.45, 7) is 1.66. The summed E-state index contributed by atoms with van der Waals surface area (Å²) in [6.07, 6.45) is 0. The van der Waals surface area contributed by atoms with E-state index >= 15 is 0 Å². The highest BCUT2D eigenvalue weighted by Crippen LogP contribution is 2.40. The van der Waals surface area contributed by atoms with Crippen molar-refractivity contribution >= 4 is 28.9 Å². The van der Waals surface area contributed by atoms with Crippen LogP contribution in [0.25, 0.3) is 10.6 Å². The molecule has 2 rings (SSSR count). The number of methoxy groups -OCH3 is 2. The van der Waals surface area contributed by atoms with Crippen LogP contribution in [0.2, 0.25) is 5.02 Å². The van der Waals surface area contributed by atoms with Crippen molar-refractivity contribution in [3.05, 3.63) is 27.7 Å². The molecule has 1 N–H and O–H groups in total. The van der Waals surface area contributed by atoms with Crippen LogP contribution in [-0.2, 0) is 0 Å². The lowest BCUT2D eigenvalue weighted by molar-refractivity contribution is 0.0701. The third kappa shape index (κ3) is 2.57. The SMILES string of the molecule is COc1cc(-c2nc(C)c(C(=O)O)s2)cc(Cl)c1OC. The summed E-state index contributed by atoms with van der Waals surface area (Å²) in [5, 5.41) is 10.0. The number of rotatable bonds is 4. The minimum Gasteiger partial charge on any atom is -0.493 e. The van der Waals surface area contributed by atoms with Gasteiger partial charge in [0.15, 0.2) is 11.5 Å². The van der Waals surface area contributed by atoms with Gasteiger partial charge in [0.1, 0.15) is 9.88 Å². The number of halogens is 1. The van der Waals surface area contributed by atoms with Crippen LogP contribution >= 0.6 is 22.9 Å².